The van der Waals surface area contributed by atoms with E-state index < -0.39 is 0 Å². The maximum atomic E-state index is 5.90. The van der Waals surface area contributed by atoms with Gasteiger partial charge in [-0.25, -0.2) is 0 Å². The monoisotopic (exact) mass is 205 g/mol. The molecule has 0 aromatic heterocycles. The highest BCUT2D eigenvalue weighted by atomic mass is 35.5. The topological polar surface area (TPSA) is 0 Å². The maximum Gasteiger partial charge on any atom is 0.133 e. The Kier molecular flexibility index (Phi) is 1.98. The average Bonchev–Trinajstić information content (AvgIpc) is 3.00. The van der Waals surface area contributed by atoms with Crippen molar-refractivity contribution in [1.82, 2.24) is 0 Å². The third-order valence-electron chi connectivity index (χ3n) is 3.21. The van der Waals surface area contributed by atoms with Crippen molar-refractivity contribution in [2.45, 2.75) is 25.7 Å². The molecule has 0 N–H and O–H groups in total. The van der Waals surface area contributed by atoms with E-state index >= 15 is 0 Å². The van der Waals surface area contributed by atoms with Gasteiger partial charge < -0.3 is 0 Å². The molecule has 1 aromatic carbocycles. The fourth-order valence-corrected chi connectivity index (χ4v) is 2.36. The van der Waals surface area contributed by atoms with Gasteiger partial charge in [-0.3, -0.25) is 0 Å². The van der Waals surface area contributed by atoms with Crippen LogP contribution < -0.4 is 0 Å². The lowest BCUT2D eigenvalue weighted by atomic mass is 9.90. The second-order valence-corrected chi connectivity index (χ2v) is 4.95. The van der Waals surface area contributed by atoms with E-state index in [0.717, 1.165) is 16.9 Å². The first-order chi connectivity index (χ1) is 6.84. The standard InChI is InChI=1S/C13H14Cl/c14-12-7-5-11(6-8-12)13(9-1-2-9)10-3-4-10/h5-10H,1-4H2/q+1. The molecule has 1 aromatic rings. The van der Waals surface area contributed by atoms with Gasteiger partial charge in [-0.1, -0.05) is 11.6 Å². The summed E-state index contributed by atoms with van der Waals surface area (Å²) >= 11 is 5.90. The molecule has 2 aliphatic carbocycles. The largest absolute Gasteiger partial charge is 0.133 e. The van der Waals surface area contributed by atoms with Crippen LogP contribution in [0.5, 0.6) is 0 Å². The first-order valence-corrected chi connectivity index (χ1v) is 5.85. The molecule has 0 nitrogen and oxygen atoms in total. The second kappa shape index (κ2) is 3.20. The van der Waals surface area contributed by atoms with Gasteiger partial charge in [0.2, 0.25) is 0 Å². The summed E-state index contributed by atoms with van der Waals surface area (Å²) in [4.78, 5) is 0. The fraction of sp³-hybridized carbons (Fsp3) is 0.462. The van der Waals surface area contributed by atoms with Gasteiger partial charge in [-0.2, -0.15) is 0 Å². The van der Waals surface area contributed by atoms with E-state index in [-0.39, 0.29) is 0 Å². The van der Waals surface area contributed by atoms with Crippen molar-refractivity contribution in [2.75, 3.05) is 0 Å². The van der Waals surface area contributed by atoms with Crippen LogP contribution in [0, 0.1) is 17.8 Å². The first-order valence-electron chi connectivity index (χ1n) is 5.47. The summed E-state index contributed by atoms with van der Waals surface area (Å²) in [6, 6.07) is 8.41. The van der Waals surface area contributed by atoms with Crippen molar-refractivity contribution in [3.63, 3.8) is 0 Å². The summed E-state index contributed by atoms with van der Waals surface area (Å²) in [6.07, 6.45) is 5.64. The van der Waals surface area contributed by atoms with Crippen LogP contribution in [0.25, 0.3) is 0 Å². The van der Waals surface area contributed by atoms with Gasteiger partial charge >= 0.3 is 0 Å². The highest BCUT2D eigenvalue weighted by molar-refractivity contribution is 6.30. The Bertz CT molecular complexity index is 308. The number of benzene rings is 1. The molecule has 0 aliphatic heterocycles. The zero-order chi connectivity index (χ0) is 9.54. The summed E-state index contributed by atoms with van der Waals surface area (Å²) in [7, 11) is 0. The highest BCUT2D eigenvalue weighted by Crippen LogP contribution is 2.53. The maximum absolute atomic E-state index is 5.90. The molecule has 72 valence electrons. The SMILES string of the molecule is Clc1ccc([C+](C2CC2)C2CC2)cc1. The van der Waals surface area contributed by atoms with E-state index in [1.54, 1.807) is 5.92 Å². The third-order valence-corrected chi connectivity index (χ3v) is 3.46. The van der Waals surface area contributed by atoms with Crippen LogP contribution in [0.3, 0.4) is 0 Å². The Hall–Kier alpha value is -0.620. The predicted octanol–water partition coefficient (Wildman–Crippen LogP) is 4.08. The zero-order valence-electron chi connectivity index (χ0n) is 8.17. The van der Waals surface area contributed by atoms with Crippen LogP contribution in [0.4, 0.5) is 0 Å². The quantitative estimate of drug-likeness (QED) is 0.653. The van der Waals surface area contributed by atoms with Crippen molar-refractivity contribution in [3.05, 3.63) is 40.8 Å². The molecule has 0 amide bonds. The van der Waals surface area contributed by atoms with Crippen LogP contribution in [-0.4, -0.2) is 0 Å². The first kappa shape index (κ1) is 8.67. The molecule has 0 saturated heterocycles. The Morgan fingerprint density at radius 3 is 1.86 bits per heavy atom. The van der Waals surface area contributed by atoms with E-state index in [2.05, 4.69) is 12.1 Å². The molecule has 3 rings (SSSR count). The van der Waals surface area contributed by atoms with Crippen LogP contribution in [0.2, 0.25) is 5.02 Å². The number of hydrogen-bond acceptors (Lipinski definition) is 0. The third kappa shape index (κ3) is 1.64. The van der Waals surface area contributed by atoms with Crippen molar-refractivity contribution in [3.8, 4) is 0 Å². The summed E-state index contributed by atoms with van der Waals surface area (Å²) in [5.41, 5.74) is 1.44. The zero-order valence-corrected chi connectivity index (χ0v) is 8.93. The van der Waals surface area contributed by atoms with Crippen LogP contribution in [0.1, 0.15) is 31.2 Å². The summed E-state index contributed by atoms with van der Waals surface area (Å²) in [5.74, 6) is 3.54. The minimum atomic E-state index is 0.847. The lowest BCUT2D eigenvalue weighted by Crippen LogP contribution is -2.04. The van der Waals surface area contributed by atoms with Crippen molar-refractivity contribution < 1.29 is 0 Å². The van der Waals surface area contributed by atoms with Gasteiger partial charge in [0.05, 0.1) is 5.02 Å². The average molecular weight is 206 g/mol. The van der Waals surface area contributed by atoms with Gasteiger partial charge in [0.25, 0.3) is 0 Å². The molecule has 1 heteroatoms. The van der Waals surface area contributed by atoms with E-state index in [1.165, 1.54) is 31.2 Å². The highest BCUT2D eigenvalue weighted by Gasteiger charge is 2.47. The molecule has 0 spiro atoms. The van der Waals surface area contributed by atoms with E-state index in [4.69, 9.17) is 11.6 Å². The van der Waals surface area contributed by atoms with E-state index in [0.29, 0.717) is 0 Å². The molecule has 2 saturated carbocycles. The fourth-order valence-electron chi connectivity index (χ4n) is 2.24. The minimum Gasteiger partial charge on any atom is -0.0818 e. The van der Waals surface area contributed by atoms with Crippen LogP contribution >= 0.6 is 11.6 Å². The number of halogens is 1. The van der Waals surface area contributed by atoms with Gasteiger partial charge in [0, 0.05) is 42.0 Å². The second-order valence-electron chi connectivity index (χ2n) is 4.51. The molecule has 0 heterocycles. The summed E-state index contributed by atoms with van der Waals surface area (Å²) in [5, 5.41) is 0.847. The lowest BCUT2D eigenvalue weighted by molar-refractivity contribution is 0.736. The molecule has 0 unspecified atom stereocenters. The van der Waals surface area contributed by atoms with Crippen molar-refractivity contribution >= 4 is 11.6 Å². The van der Waals surface area contributed by atoms with Crippen molar-refractivity contribution in [2.24, 2.45) is 11.8 Å². The molecular weight excluding hydrogens is 192 g/mol. The molecule has 2 fully saturated rings. The van der Waals surface area contributed by atoms with Gasteiger partial charge in [-0.05, 0) is 25.7 Å². The Labute approximate surface area is 90.3 Å². The number of hydrogen-bond donors (Lipinski definition) is 0. The molecule has 0 bridgehead atoms. The van der Waals surface area contributed by atoms with Crippen LogP contribution in [0.15, 0.2) is 24.3 Å². The van der Waals surface area contributed by atoms with E-state index in [9.17, 15) is 0 Å². The smallest absolute Gasteiger partial charge is 0.0818 e. The molecule has 0 atom stereocenters. The Balaban J connectivity index is 1.86. The van der Waals surface area contributed by atoms with Crippen molar-refractivity contribution in [1.29, 1.82) is 0 Å². The molecule has 0 radical (unpaired) electrons. The van der Waals surface area contributed by atoms with Gasteiger partial charge in [0.1, 0.15) is 5.56 Å². The lowest BCUT2D eigenvalue weighted by Gasteiger charge is -2.07. The molecule has 2 aliphatic rings. The minimum absolute atomic E-state index is 0.847. The van der Waals surface area contributed by atoms with Crippen LogP contribution in [-0.2, 0) is 0 Å². The predicted molar refractivity (Wildman–Crippen MR) is 59.2 cm³/mol. The Morgan fingerprint density at radius 1 is 0.929 bits per heavy atom. The summed E-state index contributed by atoms with van der Waals surface area (Å²) < 4.78 is 0. The van der Waals surface area contributed by atoms with Gasteiger partial charge in [-0.15, -0.1) is 0 Å². The van der Waals surface area contributed by atoms with Gasteiger partial charge in [0.15, 0.2) is 0 Å². The molecule has 14 heavy (non-hydrogen) atoms. The number of rotatable bonds is 3. The Morgan fingerprint density at radius 2 is 1.43 bits per heavy atom. The van der Waals surface area contributed by atoms with E-state index in [1.807, 2.05) is 12.1 Å². The summed E-state index contributed by atoms with van der Waals surface area (Å²) in [6.45, 7) is 0. The normalized spacial score (nSPS) is 20.9. The molecular formula is C13H14Cl+.